The number of amides is 1. The van der Waals surface area contributed by atoms with Crippen LogP contribution in [0.3, 0.4) is 0 Å². The van der Waals surface area contributed by atoms with E-state index >= 15 is 0 Å². The van der Waals surface area contributed by atoms with Crippen molar-refractivity contribution in [2.45, 2.75) is 30.4 Å². The highest BCUT2D eigenvalue weighted by Gasteiger charge is 2.32. The highest BCUT2D eigenvalue weighted by Crippen LogP contribution is 2.37. The molecular weight excluding hydrogens is 317 g/mol. The first-order chi connectivity index (χ1) is 10.3. The largest absolute Gasteiger partial charge is 0.464 e. The summed E-state index contributed by atoms with van der Waals surface area (Å²) in [6.07, 6.45) is 1.21. The summed E-state index contributed by atoms with van der Waals surface area (Å²) < 4.78 is 42.9. The molecule has 0 unspecified atom stereocenters. The first-order valence-electron chi connectivity index (χ1n) is 6.34. The van der Waals surface area contributed by atoms with Gasteiger partial charge in [0.15, 0.2) is 0 Å². The number of carbonyl (C=O) groups is 1. The van der Waals surface area contributed by atoms with E-state index in [1.807, 2.05) is 0 Å². The van der Waals surface area contributed by atoms with Gasteiger partial charge >= 0.3 is 5.51 Å². The van der Waals surface area contributed by atoms with Crippen molar-refractivity contribution in [3.63, 3.8) is 0 Å². The predicted octanol–water partition coefficient (Wildman–Crippen LogP) is 4.09. The van der Waals surface area contributed by atoms with Gasteiger partial charge < -0.3 is 9.73 Å². The molecule has 0 fully saturated rings. The van der Waals surface area contributed by atoms with Crippen LogP contribution < -0.4 is 5.32 Å². The lowest BCUT2D eigenvalue weighted by atomic mass is 10.2. The van der Waals surface area contributed by atoms with Gasteiger partial charge in [-0.05, 0) is 38.1 Å². The zero-order chi connectivity index (χ0) is 16.3. The second-order valence-electron chi connectivity index (χ2n) is 4.55. The Morgan fingerprint density at radius 1 is 1.36 bits per heavy atom. The third kappa shape index (κ3) is 4.27. The lowest BCUT2D eigenvalue weighted by molar-refractivity contribution is -0.0329. The van der Waals surface area contributed by atoms with Crippen LogP contribution in [-0.4, -0.2) is 16.4 Å². The first kappa shape index (κ1) is 16.4. The molecule has 0 radical (unpaired) electrons. The Labute approximate surface area is 129 Å². The molecule has 0 aliphatic carbocycles. The molecule has 0 saturated heterocycles. The minimum atomic E-state index is -4.51. The van der Waals surface area contributed by atoms with Crippen LogP contribution in [0.1, 0.15) is 34.8 Å². The zero-order valence-corrected chi connectivity index (χ0v) is 12.6. The number of pyridine rings is 1. The van der Waals surface area contributed by atoms with Crippen molar-refractivity contribution in [2.75, 3.05) is 0 Å². The molecule has 4 nitrogen and oxygen atoms in total. The van der Waals surface area contributed by atoms with Crippen LogP contribution in [0.4, 0.5) is 13.2 Å². The van der Waals surface area contributed by atoms with Crippen LogP contribution in [0.15, 0.2) is 39.9 Å². The standard InChI is InChI=1S/C14H13F3N2O2S/c1-8-5-6-11(21-8)9(2)19-12(20)10-4-3-7-18-13(10)22-14(15,16)17/h3-7,9H,1-2H3,(H,19,20)/t9-/m0/s1. The van der Waals surface area contributed by atoms with Crippen LogP contribution in [0.25, 0.3) is 0 Å². The quantitative estimate of drug-likeness (QED) is 0.858. The van der Waals surface area contributed by atoms with Gasteiger partial charge in [0.2, 0.25) is 0 Å². The maximum absolute atomic E-state index is 12.5. The Hall–Kier alpha value is -1.96. The Morgan fingerprint density at radius 2 is 2.09 bits per heavy atom. The number of hydrogen-bond acceptors (Lipinski definition) is 4. The van der Waals surface area contributed by atoms with Gasteiger partial charge in [0.25, 0.3) is 5.91 Å². The van der Waals surface area contributed by atoms with Gasteiger partial charge in [-0.1, -0.05) is 0 Å². The average molecular weight is 330 g/mol. The SMILES string of the molecule is Cc1ccc([C@H](C)NC(=O)c2cccnc2SC(F)(F)F)o1. The molecule has 0 spiro atoms. The van der Waals surface area contributed by atoms with Gasteiger partial charge in [0.05, 0.1) is 11.6 Å². The Bertz CT molecular complexity index is 670. The van der Waals surface area contributed by atoms with E-state index in [9.17, 15) is 18.0 Å². The van der Waals surface area contributed by atoms with Crippen LogP contribution in [0, 0.1) is 6.92 Å². The number of nitrogens with one attached hydrogen (secondary N) is 1. The van der Waals surface area contributed by atoms with Gasteiger partial charge in [0.1, 0.15) is 16.5 Å². The summed E-state index contributed by atoms with van der Waals surface area (Å²) in [4.78, 5) is 15.8. The summed E-state index contributed by atoms with van der Waals surface area (Å²) in [5.41, 5.74) is -4.63. The molecule has 1 amide bonds. The molecule has 2 rings (SSSR count). The van der Waals surface area contributed by atoms with Crippen LogP contribution in [0.5, 0.6) is 0 Å². The smallest absolute Gasteiger partial charge is 0.447 e. The molecule has 2 aromatic heterocycles. The van der Waals surface area contributed by atoms with E-state index in [4.69, 9.17) is 4.42 Å². The van der Waals surface area contributed by atoms with Crippen LogP contribution in [0.2, 0.25) is 0 Å². The number of aromatic nitrogens is 1. The van der Waals surface area contributed by atoms with Crippen molar-refractivity contribution < 1.29 is 22.4 Å². The van der Waals surface area contributed by atoms with Crippen molar-refractivity contribution in [3.8, 4) is 0 Å². The van der Waals surface area contributed by atoms with E-state index < -0.39 is 29.2 Å². The number of hydrogen-bond donors (Lipinski definition) is 1. The molecule has 0 aliphatic rings. The number of furan rings is 1. The number of carbonyl (C=O) groups excluding carboxylic acids is 1. The predicted molar refractivity (Wildman–Crippen MR) is 75.5 cm³/mol. The molecule has 1 N–H and O–H groups in total. The Kier molecular flexibility index (Phi) is 4.80. The number of halogens is 3. The molecule has 118 valence electrons. The van der Waals surface area contributed by atoms with E-state index in [0.717, 1.165) is 0 Å². The summed E-state index contributed by atoms with van der Waals surface area (Å²) in [5, 5.41) is 2.22. The van der Waals surface area contributed by atoms with Gasteiger partial charge in [-0.25, -0.2) is 4.98 Å². The number of nitrogens with zero attached hydrogens (tertiary/aromatic N) is 1. The first-order valence-corrected chi connectivity index (χ1v) is 7.16. The summed E-state index contributed by atoms with van der Waals surface area (Å²) in [5.74, 6) is 0.576. The van der Waals surface area contributed by atoms with E-state index in [1.54, 1.807) is 26.0 Å². The molecule has 2 heterocycles. The van der Waals surface area contributed by atoms with E-state index in [1.165, 1.54) is 18.3 Å². The van der Waals surface area contributed by atoms with E-state index in [-0.39, 0.29) is 10.6 Å². The lowest BCUT2D eigenvalue weighted by Crippen LogP contribution is -2.27. The molecule has 0 aliphatic heterocycles. The number of aryl methyl sites for hydroxylation is 1. The number of thioether (sulfide) groups is 1. The van der Waals surface area contributed by atoms with Gasteiger partial charge in [-0.2, -0.15) is 13.2 Å². The summed E-state index contributed by atoms with van der Waals surface area (Å²) in [6.45, 7) is 3.44. The Morgan fingerprint density at radius 3 is 2.68 bits per heavy atom. The molecule has 1 atom stereocenters. The fourth-order valence-corrected chi connectivity index (χ4v) is 2.39. The molecular formula is C14H13F3N2O2S. The lowest BCUT2D eigenvalue weighted by Gasteiger charge is -2.13. The van der Waals surface area contributed by atoms with Crippen molar-refractivity contribution in [3.05, 3.63) is 47.5 Å². The van der Waals surface area contributed by atoms with Gasteiger partial charge in [-0.15, -0.1) is 0 Å². The van der Waals surface area contributed by atoms with E-state index in [0.29, 0.717) is 11.5 Å². The topological polar surface area (TPSA) is 55.1 Å². The zero-order valence-electron chi connectivity index (χ0n) is 11.8. The van der Waals surface area contributed by atoms with Gasteiger partial charge in [0, 0.05) is 18.0 Å². The minimum absolute atomic E-state index is 0.125. The van der Waals surface area contributed by atoms with Crippen molar-refractivity contribution in [2.24, 2.45) is 0 Å². The molecule has 0 saturated carbocycles. The fourth-order valence-electron chi connectivity index (χ4n) is 1.79. The molecule has 0 bridgehead atoms. The minimum Gasteiger partial charge on any atom is -0.464 e. The molecule has 22 heavy (non-hydrogen) atoms. The number of rotatable bonds is 4. The van der Waals surface area contributed by atoms with Crippen LogP contribution >= 0.6 is 11.8 Å². The van der Waals surface area contributed by atoms with Gasteiger partial charge in [-0.3, -0.25) is 4.79 Å². The Balaban J connectivity index is 2.16. The third-order valence-corrected chi connectivity index (χ3v) is 3.51. The van der Waals surface area contributed by atoms with E-state index in [2.05, 4.69) is 10.3 Å². The molecule has 2 aromatic rings. The maximum Gasteiger partial charge on any atom is 0.447 e. The highest BCUT2D eigenvalue weighted by molar-refractivity contribution is 8.00. The van der Waals surface area contributed by atoms with Crippen molar-refractivity contribution in [1.82, 2.24) is 10.3 Å². The second kappa shape index (κ2) is 6.43. The van der Waals surface area contributed by atoms with Crippen molar-refractivity contribution in [1.29, 1.82) is 0 Å². The molecule has 8 heteroatoms. The third-order valence-electron chi connectivity index (χ3n) is 2.76. The fraction of sp³-hybridized carbons (Fsp3) is 0.286. The highest BCUT2D eigenvalue weighted by atomic mass is 32.2. The summed E-state index contributed by atoms with van der Waals surface area (Å²) in [7, 11) is 0. The molecule has 0 aromatic carbocycles. The van der Waals surface area contributed by atoms with Crippen LogP contribution in [-0.2, 0) is 0 Å². The normalized spacial score (nSPS) is 13.0. The van der Waals surface area contributed by atoms with Crippen molar-refractivity contribution >= 4 is 17.7 Å². The second-order valence-corrected chi connectivity index (χ2v) is 5.60. The average Bonchev–Trinajstić information content (AvgIpc) is 2.84. The monoisotopic (exact) mass is 330 g/mol. The summed E-state index contributed by atoms with van der Waals surface area (Å²) in [6, 6.07) is 5.69. The summed E-state index contributed by atoms with van der Waals surface area (Å²) >= 11 is -0.413. The number of alkyl halides is 3. The maximum atomic E-state index is 12.5.